The van der Waals surface area contributed by atoms with E-state index in [1.54, 1.807) is 0 Å². The van der Waals surface area contributed by atoms with Crippen LogP contribution in [-0.2, 0) is 31.8 Å². The van der Waals surface area contributed by atoms with Gasteiger partial charge in [-0.05, 0) is 11.1 Å². The molecular formula is C10H10O5S2. The Morgan fingerprint density at radius 2 is 1.47 bits per heavy atom. The molecule has 7 heteroatoms. The summed E-state index contributed by atoms with van der Waals surface area (Å²) < 4.78 is 20.8. The minimum atomic E-state index is -1.05. The van der Waals surface area contributed by atoms with Crippen molar-refractivity contribution in [1.29, 1.82) is 0 Å². The number of methoxy groups -OCH3 is 2. The van der Waals surface area contributed by atoms with Crippen LogP contribution in [0.15, 0.2) is 0 Å². The van der Waals surface area contributed by atoms with E-state index in [1.165, 1.54) is 14.2 Å². The fourth-order valence-electron chi connectivity index (χ4n) is 1.69. The zero-order chi connectivity index (χ0) is 12.6. The lowest BCUT2D eigenvalue weighted by atomic mass is 10.1. The summed E-state index contributed by atoms with van der Waals surface area (Å²) in [7, 11) is 1.50. The van der Waals surface area contributed by atoms with Gasteiger partial charge in [0.05, 0.1) is 25.7 Å². The molecule has 1 aromatic rings. The quantitative estimate of drug-likeness (QED) is 0.755. The van der Waals surface area contributed by atoms with Crippen molar-refractivity contribution in [3.05, 3.63) is 20.9 Å². The van der Waals surface area contributed by atoms with Gasteiger partial charge in [-0.1, -0.05) is 0 Å². The molecule has 0 saturated carbocycles. The molecule has 0 N–H and O–H groups in total. The summed E-state index contributed by atoms with van der Waals surface area (Å²) in [6.07, 6.45) is 0. The molecule has 0 aromatic carbocycles. The number of hydrogen-bond donors (Lipinski definition) is 0. The molecular weight excluding hydrogens is 264 g/mol. The Morgan fingerprint density at radius 3 is 1.82 bits per heavy atom. The van der Waals surface area contributed by atoms with Crippen molar-refractivity contribution >= 4 is 34.1 Å². The van der Waals surface area contributed by atoms with Crippen molar-refractivity contribution in [1.82, 2.24) is 0 Å². The second-order valence-corrected chi connectivity index (χ2v) is 5.91. The van der Waals surface area contributed by atoms with Gasteiger partial charge in [0.15, 0.2) is 0 Å². The predicted molar refractivity (Wildman–Crippen MR) is 62.5 cm³/mol. The van der Waals surface area contributed by atoms with Crippen molar-refractivity contribution in [3.8, 4) is 0 Å². The number of fused-ring (bicyclic) bond motifs is 1. The summed E-state index contributed by atoms with van der Waals surface area (Å²) in [6, 6.07) is 0. The minimum absolute atomic E-state index is 0.299. The lowest BCUT2D eigenvalue weighted by Crippen LogP contribution is -2.02. The van der Waals surface area contributed by atoms with Gasteiger partial charge in [0, 0.05) is 10.8 Å². The van der Waals surface area contributed by atoms with E-state index >= 15 is 0 Å². The summed E-state index contributed by atoms with van der Waals surface area (Å²) >= 11 is 1.05. The Balaban J connectivity index is 2.54. The molecule has 1 aliphatic heterocycles. The first-order chi connectivity index (χ1) is 8.08. The SMILES string of the molecule is COC(=O)c1sc(C(=O)OC)c2c1CS(=O)C2. The maximum Gasteiger partial charge on any atom is 0.348 e. The van der Waals surface area contributed by atoms with Crippen LogP contribution in [0.1, 0.15) is 30.5 Å². The van der Waals surface area contributed by atoms with Crippen LogP contribution in [-0.4, -0.2) is 30.4 Å². The molecule has 0 saturated heterocycles. The smallest absolute Gasteiger partial charge is 0.348 e. The molecule has 17 heavy (non-hydrogen) atoms. The molecule has 1 aromatic heterocycles. The summed E-state index contributed by atoms with van der Waals surface area (Å²) in [6.45, 7) is 0. The third-order valence-electron chi connectivity index (χ3n) is 2.47. The van der Waals surface area contributed by atoms with Crippen LogP contribution in [0.4, 0.5) is 0 Å². The largest absolute Gasteiger partial charge is 0.465 e. The summed E-state index contributed by atoms with van der Waals surface area (Å²) in [5, 5.41) is 0. The average molecular weight is 274 g/mol. The van der Waals surface area contributed by atoms with Crippen LogP contribution in [0.2, 0.25) is 0 Å². The fraction of sp³-hybridized carbons (Fsp3) is 0.400. The third kappa shape index (κ3) is 2.00. The number of hydrogen-bond acceptors (Lipinski definition) is 6. The third-order valence-corrected chi connectivity index (χ3v) is 4.92. The average Bonchev–Trinajstić information content (AvgIpc) is 2.84. The van der Waals surface area contributed by atoms with Crippen LogP contribution in [0.25, 0.3) is 0 Å². The van der Waals surface area contributed by atoms with Gasteiger partial charge in [-0.3, -0.25) is 4.21 Å². The second-order valence-electron chi connectivity index (χ2n) is 3.43. The van der Waals surface area contributed by atoms with Crippen molar-refractivity contribution < 1.29 is 23.3 Å². The van der Waals surface area contributed by atoms with Gasteiger partial charge in [0.25, 0.3) is 0 Å². The number of thiophene rings is 1. The molecule has 0 spiro atoms. The first kappa shape index (κ1) is 12.3. The molecule has 92 valence electrons. The molecule has 0 fully saturated rings. The predicted octanol–water partition coefficient (Wildman–Crippen LogP) is 1.08. The Morgan fingerprint density at radius 1 is 1.06 bits per heavy atom. The second kappa shape index (κ2) is 4.58. The van der Waals surface area contributed by atoms with Gasteiger partial charge >= 0.3 is 11.9 Å². The zero-order valence-corrected chi connectivity index (χ0v) is 10.9. The molecule has 2 rings (SSSR count). The minimum Gasteiger partial charge on any atom is -0.465 e. The summed E-state index contributed by atoms with van der Waals surface area (Å²) in [5.41, 5.74) is 1.33. The number of ether oxygens (including phenoxy) is 2. The van der Waals surface area contributed by atoms with Gasteiger partial charge in [-0.25, -0.2) is 9.59 Å². The molecule has 1 aliphatic rings. The van der Waals surface area contributed by atoms with Gasteiger partial charge in [-0.15, -0.1) is 11.3 Å². The number of rotatable bonds is 2. The van der Waals surface area contributed by atoms with Crippen molar-refractivity contribution in [2.75, 3.05) is 14.2 Å². The van der Waals surface area contributed by atoms with E-state index in [2.05, 4.69) is 9.47 Å². The Kier molecular flexibility index (Phi) is 3.30. The molecule has 2 heterocycles. The molecule has 0 unspecified atom stereocenters. The van der Waals surface area contributed by atoms with Gasteiger partial charge in [-0.2, -0.15) is 0 Å². The summed E-state index contributed by atoms with van der Waals surface area (Å²) in [5.74, 6) is -0.402. The zero-order valence-electron chi connectivity index (χ0n) is 9.27. The number of esters is 2. The molecule has 5 nitrogen and oxygen atoms in total. The monoisotopic (exact) mass is 274 g/mol. The molecule has 0 atom stereocenters. The van der Waals surface area contributed by atoms with E-state index in [1.807, 2.05) is 0 Å². The molecule has 0 aliphatic carbocycles. The van der Waals surface area contributed by atoms with E-state index in [0.29, 0.717) is 32.4 Å². The van der Waals surface area contributed by atoms with Crippen LogP contribution in [0.5, 0.6) is 0 Å². The van der Waals surface area contributed by atoms with Crippen LogP contribution in [0, 0.1) is 0 Å². The van der Waals surface area contributed by atoms with Crippen LogP contribution in [0.3, 0.4) is 0 Å². The highest BCUT2D eigenvalue weighted by Crippen LogP contribution is 2.36. The Hall–Kier alpha value is -1.21. The number of carbonyl (C=O) groups excluding carboxylic acids is 2. The highest BCUT2D eigenvalue weighted by Gasteiger charge is 2.32. The van der Waals surface area contributed by atoms with E-state index < -0.39 is 22.7 Å². The van der Waals surface area contributed by atoms with E-state index in [-0.39, 0.29) is 0 Å². The van der Waals surface area contributed by atoms with Gasteiger partial charge in [0.1, 0.15) is 9.75 Å². The maximum absolute atomic E-state index is 11.5. The lowest BCUT2D eigenvalue weighted by Gasteiger charge is -1.97. The lowest BCUT2D eigenvalue weighted by molar-refractivity contribution is 0.0598. The van der Waals surface area contributed by atoms with Gasteiger partial charge in [0.2, 0.25) is 0 Å². The van der Waals surface area contributed by atoms with E-state index in [0.717, 1.165) is 11.3 Å². The molecule has 0 radical (unpaired) electrons. The van der Waals surface area contributed by atoms with E-state index in [9.17, 15) is 13.8 Å². The fourth-order valence-corrected chi connectivity index (χ4v) is 4.43. The standard InChI is InChI=1S/C10H10O5S2/c1-14-9(11)7-5-3-17(13)4-6(5)8(16-7)10(12)15-2/h3-4H2,1-2H3. The van der Waals surface area contributed by atoms with Crippen LogP contribution < -0.4 is 0 Å². The first-order valence-corrected chi connectivity index (χ1v) is 7.05. The maximum atomic E-state index is 11.5. The van der Waals surface area contributed by atoms with Crippen LogP contribution >= 0.6 is 11.3 Å². The first-order valence-electron chi connectivity index (χ1n) is 4.74. The highest BCUT2D eigenvalue weighted by molar-refractivity contribution is 7.83. The van der Waals surface area contributed by atoms with Gasteiger partial charge < -0.3 is 9.47 Å². The molecule has 0 amide bonds. The topological polar surface area (TPSA) is 69.7 Å². The van der Waals surface area contributed by atoms with Crippen molar-refractivity contribution in [2.45, 2.75) is 11.5 Å². The van der Waals surface area contributed by atoms with E-state index in [4.69, 9.17) is 0 Å². The van der Waals surface area contributed by atoms with Crippen molar-refractivity contribution in [3.63, 3.8) is 0 Å². The summed E-state index contributed by atoms with van der Waals surface area (Å²) in [4.78, 5) is 23.8. The highest BCUT2D eigenvalue weighted by atomic mass is 32.2. The molecule has 0 bridgehead atoms. The Bertz CT molecular complexity index is 475. The Labute approximate surface area is 104 Å². The van der Waals surface area contributed by atoms with Crippen molar-refractivity contribution in [2.24, 2.45) is 0 Å². The normalized spacial score (nSPS) is 14.5. The number of carbonyl (C=O) groups is 2.